The van der Waals surface area contributed by atoms with Gasteiger partial charge in [-0.15, -0.1) is 0 Å². The average Bonchev–Trinajstić information content (AvgIpc) is 3.32. The first-order valence-electron chi connectivity index (χ1n) is 16.0. The third-order valence-electron chi connectivity index (χ3n) is 12.9. The van der Waals surface area contributed by atoms with E-state index in [1.54, 1.807) is 0 Å². The van der Waals surface area contributed by atoms with Crippen molar-refractivity contribution >= 4 is 5.91 Å². The lowest BCUT2D eigenvalue weighted by Crippen LogP contribution is -2.58. The zero-order valence-electron chi connectivity index (χ0n) is 24.4. The zero-order valence-corrected chi connectivity index (χ0v) is 24.4. The third-order valence-corrected chi connectivity index (χ3v) is 12.9. The Morgan fingerprint density at radius 1 is 1.05 bits per heavy atom. The summed E-state index contributed by atoms with van der Waals surface area (Å²) in [6.45, 7) is 9.15. The van der Waals surface area contributed by atoms with Crippen LogP contribution in [0, 0.1) is 46.3 Å². The Balaban J connectivity index is 1.09. The molecule has 0 unspecified atom stereocenters. The molecule has 11 atom stereocenters. The van der Waals surface area contributed by atoms with E-state index in [1.807, 2.05) is 23.1 Å². The van der Waals surface area contributed by atoms with E-state index in [2.05, 4.69) is 32.9 Å². The van der Waals surface area contributed by atoms with Crippen molar-refractivity contribution in [1.82, 2.24) is 4.90 Å². The number of fused-ring (bicyclic) bond motifs is 5. The van der Waals surface area contributed by atoms with Crippen molar-refractivity contribution in [3.8, 4) is 0 Å². The molecule has 0 radical (unpaired) electrons. The van der Waals surface area contributed by atoms with Gasteiger partial charge in [-0.2, -0.15) is 0 Å². The van der Waals surface area contributed by atoms with Crippen molar-refractivity contribution in [3.63, 3.8) is 0 Å². The minimum Gasteiger partial charge on any atom is -0.393 e. The second-order valence-corrected chi connectivity index (χ2v) is 14.5. The molecule has 1 aliphatic heterocycles. The number of nitrogens with zero attached hydrogens (tertiary/aromatic N) is 1. The molecule has 5 fully saturated rings. The molecule has 5 heteroatoms. The summed E-state index contributed by atoms with van der Waals surface area (Å²) in [5.41, 5.74) is 1.37. The summed E-state index contributed by atoms with van der Waals surface area (Å²) < 4.78 is 5.99. The highest BCUT2D eigenvalue weighted by Crippen LogP contribution is 2.68. The van der Waals surface area contributed by atoms with E-state index in [-0.39, 0.29) is 35.0 Å². The number of carbonyl (C=O) groups excluding carboxylic acids is 1. The number of aliphatic hydroxyl groups excluding tert-OH is 2. The predicted molar refractivity (Wildman–Crippen MR) is 153 cm³/mol. The Hall–Kier alpha value is -1.43. The molecule has 0 spiro atoms. The topological polar surface area (TPSA) is 70.0 Å². The lowest BCUT2D eigenvalue weighted by molar-refractivity contribution is -0.175. The summed E-state index contributed by atoms with van der Waals surface area (Å²) in [7, 11) is 0. The van der Waals surface area contributed by atoms with Crippen LogP contribution in [0.2, 0.25) is 0 Å². The molecule has 2 N–H and O–H groups in total. The minimum absolute atomic E-state index is 0.0365. The monoisotopic (exact) mass is 537 g/mol. The molecule has 1 aromatic carbocycles. The number of hydrogen-bond donors (Lipinski definition) is 2. The number of benzene rings is 1. The number of aliphatic hydroxyl groups is 2. The first-order valence-corrected chi connectivity index (χ1v) is 16.0. The van der Waals surface area contributed by atoms with Crippen LogP contribution in [0.4, 0.5) is 0 Å². The van der Waals surface area contributed by atoms with E-state index in [0.717, 1.165) is 37.7 Å². The minimum atomic E-state index is -0.261. The molecule has 39 heavy (non-hydrogen) atoms. The molecule has 6 rings (SSSR count). The highest BCUT2D eigenvalue weighted by Gasteiger charge is 2.63. The third kappa shape index (κ3) is 4.78. The van der Waals surface area contributed by atoms with Gasteiger partial charge in [0, 0.05) is 13.0 Å². The fourth-order valence-electron chi connectivity index (χ4n) is 10.6. The average molecular weight is 538 g/mol. The van der Waals surface area contributed by atoms with Crippen LogP contribution in [0.3, 0.4) is 0 Å². The number of rotatable bonds is 5. The molecule has 1 heterocycles. The van der Waals surface area contributed by atoms with Gasteiger partial charge in [-0.1, -0.05) is 51.1 Å². The Kier molecular flexibility index (Phi) is 7.65. The van der Waals surface area contributed by atoms with Gasteiger partial charge in [0.1, 0.15) is 6.10 Å². The number of amides is 1. The van der Waals surface area contributed by atoms with Crippen LogP contribution in [-0.2, 0) is 9.53 Å². The van der Waals surface area contributed by atoms with Crippen LogP contribution in [0.15, 0.2) is 30.3 Å². The summed E-state index contributed by atoms with van der Waals surface area (Å²) in [4.78, 5) is 15.3. The highest BCUT2D eigenvalue weighted by atomic mass is 16.5. The highest BCUT2D eigenvalue weighted by molar-refractivity contribution is 5.76. The van der Waals surface area contributed by atoms with Gasteiger partial charge in [0.05, 0.1) is 25.4 Å². The van der Waals surface area contributed by atoms with Gasteiger partial charge in [-0.25, -0.2) is 0 Å². The fraction of sp³-hybridized carbons (Fsp3) is 0.794. The van der Waals surface area contributed by atoms with Crippen LogP contribution in [-0.4, -0.2) is 52.9 Å². The lowest BCUT2D eigenvalue weighted by Gasteiger charge is -2.62. The smallest absolute Gasteiger partial charge is 0.222 e. The Morgan fingerprint density at radius 2 is 1.85 bits per heavy atom. The molecule has 1 amide bonds. The molecule has 5 nitrogen and oxygen atoms in total. The molecular weight excluding hydrogens is 486 g/mol. The van der Waals surface area contributed by atoms with Crippen LogP contribution in [0.1, 0.15) is 96.6 Å². The van der Waals surface area contributed by atoms with Gasteiger partial charge in [-0.05, 0) is 110 Å². The maximum atomic E-state index is 13.3. The van der Waals surface area contributed by atoms with Crippen LogP contribution < -0.4 is 0 Å². The van der Waals surface area contributed by atoms with Crippen molar-refractivity contribution in [2.45, 2.75) is 103 Å². The van der Waals surface area contributed by atoms with Gasteiger partial charge in [-0.3, -0.25) is 4.79 Å². The summed E-state index contributed by atoms with van der Waals surface area (Å²) >= 11 is 0. The first kappa shape index (κ1) is 27.7. The van der Waals surface area contributed by atoms with Crippen LogP contribution >= 0.6 is 0 Å². The summed E-state index contributed by atoms with van der Waals surface area (Å²) in [5.74, 6) is 3.65. The molecule has 1 saturated heterocycles. The number of morpholine rings is 1. The first-order chi connectivity index (χ1) is 18.7. The molecule has 0 aromatic heterocycles. The number of hydrogen-bond acceptors (Lipinski definition) is 4. The summed E-state index contributed by atoms with van der Waals surface area (Å²) in [5, 5.41) is 22.2. The fourth-order valence-corrected chi connectivity index (χ4v) is 10.6. The molecule has 5 aliphatic rings. The second kappa shape index (κ2) is 10.8. The van der Waals surface area contributed by atoms with E-state index in [9.17, 15) is 15.0 Å². The van der Waals surface area contributed by atoms with Crippen molar-refractivity contribution < 1.29 is 19.7 Å². The Bertz CT molecular complexity index is 1020. The van der Waals surface area contributed by atoms with Gasteiger partial charge in [0.25, 0.3) is 0 Å². The van der Waals surface area contributed by atoms with E-state index >= 15 is 0 Å². The molecular formula is C34H51NO4. The van der Waals surface area contributed by atoms with Gasteiger partial charge in [0.15, 0.2) is 0 Å². The van der Waals surface area contributed by atoms with E-state index in [4.69, 9.17) is 4.74 Å². The number of carbonyl (C=O) groups is 1. The number of ether oxygens (including phenoxy) is 1. The lowest BCUT2D eigenvalue weighted by atomic mass is 9.43. The van der Waals surface area contributed by atoms with Gasteiger partial charge >= 0.3 is 0 Å². The zero-order chi connectivity index (χ0) is 27.4. The molecule has 0 bridgehead atoms. The van der Waals surface area contributed by atoms with Crippen molar-refractivity contribution in [2.24, 2.45) is 46.3 Å². The Morgan fingerprint density at radius 3 is 2.64 bits per heavy atom. The van der Waals surface area contributed by atoms with Crippen LogP contribution in [0.25, 0.3) is 0 Å². The van der Waals surface area contributed by atoms with E-state index in [1.165, 1.54) is 25.7 Å². The van der Waals surface area contributed by atoms with Crippen LogP contribution in [0.5, 0.6) is 0 Å². The SMILES string of the molecule is C[C@H](CCC(=O)N1CCO[C@H](c2ccccc2)C1)[C@@H]1CC[C@@H]2[C@@H]3CC[C@H]4C[C@H](O)CC[C@]4(C)[C@@H]3C[C@H](O)[C@@]21C. The normalized spacial score (nSPS) is 44.7. The van der Waals surface area contributed by atoms with Crippen molar-refractivity contribution in [1.29, 1.82) is 0 Å². The standard InChI is InChI=1S/C34H51NO4/c1-22(9-14-32(38)35-17-18-39-30(21-35)23-7-5-4-6-8-23)27-12-13-28-26-11-10-24-19-25(36)15-16-33(24,2)29(26)20-31(37)34(27,28)3/h4-8,22,24-31,36-37H,9-21H2,1-3H3/t22-,24+,25-,26+,27+,28-,29-,30+,31+,33+,34-/m1/s1. The molecule has 4 saturated carbocycles. The molecule has 1 aromatic rings. The van der Waals surface area contributed by atoms with E-state index in [0.29, 0.717) is 61.6 Å². The Labute approximate surface area is 235 Å². The summed E-state index contributed by atoms with van der Waals surface area (Å²) in [6, 6.07) is 10.2. The molecule has 216 valence electrons. The molecule has 4 aliphatic carbocycles. The quantitative estimate of drug-likeness (QED) is 0.484. The summed E-state index contributed by atoms with van der Waals surface area (Å²) in [6.07, 6.45) is 9.92. The maximum Gasteiger partial charge on any atom is 0.222 e. The van der Waals surface area contributed by atoms with E-state index < -0.39 is 0 Å². The largest absolute Gasteiger partial charge is 0.393 e. The van der Waals surface area contributed by atoms with Gasteiger partial charge in [0.2, 0.25) is 5.91 Å². The maximum absolute atomic E-state index is 13.3. The van der Waals surface area contributed by atoms with Crippen molar-refractivity contribution in [2.75, 3.05) is 19.7 Å². The predicted octanol–water partition coefficient (Wildman–Crippen LogP) is 5.99. The second-order valence-electron chi connectivity index (χ2n) is 14.5. The van der Waals surface area contributed by atoms with Crippen molar-refractivity contribution in [3.05, 3.63) is 35.9 Å². The van der Waals surface area contributed by atoms with Gasteiger partial charge < -0.3 is 19.8 Å².